The second kappa shape index (κ2) is 5.16. The van der Waals surface area contributed by atoms with Crippen molar-refractivity contribution in [3.63, 3.8) is 0 Å². The molecule has 0 spiro atoms. The van der Waals surface area contributed by atoms with Crippen LogP contribution in [0.5, 0.6) is 0 Å². The van der Waals surface area contributed by atoms with Gasteiger partial charge in [0.05, 0.1) is 13.1 Å². The van der Waals surface area contributed by atoms with Crippen LogP contribution in [-0.2, 0) is 16.6 Å². The highest BCUT2D eigenvalue weighted by Crippen LogP contribution is 2.18. The lowest BCUT2D eigenvalue weighted by molar-refractivity contribution is 0.386. The van der Waals surface area contributed by atoms with Crippen molar-refractivity contribution in [1.29, 1.82) is 0 Å². The molecule has 0 saturated heterocycles. The van der Waals surface area contributed by atoms with E-state index in [-0.39, 0.29) is 18.2 Å². The zero-order valence-electron chi connectivity index (χ0n) is 9.01. The molecule has 0 atom stereocenters. The Balaban J connectivity index is 3.05. The van der Waals surface area contributed by atoms with Gasteiger partial charge in [0.2, 0.25) is 5.09 Å². The van der Waals surface area contributed by atoms with Gasteiger partial charge in [0, 0.05) is 6.54 Å². The maximum Gasteiger partial charge on any atom is 0.277 e. The fourth-order valence-corrected chi connectivity index (χ4v) is 2.49. The molecular formula is C10H14N2O3S. The van der Waals surface area contributed by atoms with E-state index in [1.54, 1.807) is 6.92 Å². The highest BCUT2D eigenvalue weighted by atomic mass is 32.2. The lowest BCUT2D eigenvalue weighted by Crippen LogP contribution is -2.30. The largest absolute Gasteiger partial charge is 0.447 e. The van der Waals surface area contributed by atoms with Crippen molar-refractivity contribution in [3.05, 3.63) is 17.9 Å². The van der Waals surface area contributed by atoms with E-state index in [0.29, 0.717) is 12.3 Å². The number of hydrogen-bond donors (Lipinski definition) is 1. The summed E-state index contributed by atoms with van der Waals surface area (Å²) in [7, 11) is -3.63. The van der Waals surface area contributed by atoms with Gasteiger partial charge in [-0.15, -0.1) is 6.42 Å². The van der Waals surface area contributed by atoms with Crippen molar-refractivity contribution in [2.75, 3.05) is 13.1 Å². The topological polar surface area (TPSA) is 76.5 Å². The van der Waals surface area contributed by atoms with Gasteiger partial charge in [-0.25, -0.2) is 8.42 Å². The van der Waals surface area contributed by atoms with Crippen LogP contribution in [-0.4, -0.2) is 25.8 Å². The quantitative estimate of drug-likeness (QED) is 0.757. The number of nitrogens with zero attached hydrogens (tertiary/aromatic N) is 1. The first kappa shape index (κ1) is 12.8. The Kier molecular flexibility index (Phi) is 4.12. The highest BCUT2D eigenvalue weighted by Gasteiger charge is 2.25. The molecule has 0 aromatic carbocycles. The summed E-state index contributed by atoms with van der Waals surface area (Å²) in [6.45, 7) is 2.20. The first-order valence-corrected chi connectivity index (χ1v) is 6.22. The maximum absolute atomic E-state index is 12.0. The van der Waals surface area contributed by atoms with E-state index >= 15 is 0 Å². The van der Waals surface area contributed by atoms with Gasteiger partial charge in [-0.1, -0.05) is 12.8 Å². The molecule has 1 aromatic heterocycles. The van der Waals surface area contributed by atoms with Crippen molar-refractivity contribution >= 4 is 10.0 Å². The average Bonchev–Trinajstić information content (AvgIpc) is 2.74. The van der Waals surface area contributed by atoms with E-state index in [2.05, 4.69) is 5.92 Å². The molecule has 0 unspecified atom stereocenters. The number of rotatable bonds is 5. The maximum atomic E-state index is 12.0. The van der Waals surface area contributed by atoms with Gasteiger partial charge >= 0.3 is 0 Å². The molecule has 1 aromatic rings. The summed E-state index contributed by atoms with van der Waals surface area (Å²) >= 11 is 0. The summed E-state index contributed by atoms with van der Waals surface area (Å²) in [6.07, 6.45) is 5.10. The molecule has 0 amide bonds. The third-order valence-corrected chi connectivity index (χ3v) is 3.85. The van der Waals surface area contributed by atoms with E-state index < -0.39 is 10.0 Å². The van der Waals surface area contributed by atoms with E-state index in [9.17, 15) is 8.42 Å². The van der Waals surface area contributed by atoms with Crippen molar-refractivity contribution in [2.45, 2.75) is 18.6 Å². The third kappa shape index (κ3) is 2.44. The number of hydrogen-bond acceptors (Lipinski definition) is 4. The molecule has 16 heavy (non-hydrogen) atoms. The third-order valence-electron chi connectivity index (χ3n) is 2.05. The van der Waals surface area contributed by atoms with E-state index in [1.165, 1.54) is 12.1 Å². The Morgan fingerprint density at radius 2 is 2.25 bits per heavy atom. The molecule has 6 heteroatoms. The molecule has 0 fully saturated rings. The van der Waals surface area contributed by atoms with Crippen LogP contribution in [0.1, 0.15) is 12.7 Å². The Bertz CT molecular complexity index is 484. The Hall–Kier alpha value is -1.29. The number of furan rings is 1. The molecule has 88 valence electrons. The predicted molar refractivity (Wildman–Crippen MR) is 59.9 cm³/mol. The van der Waals surface area contributed by atoms with Gasteiger partial charge in [-0.2, -0.15) is 4.31 Å². The van der Waals surface area contributed by atoms with Gasteiger partial charge in [-0.3, -0.25) is 0 Å². The summed E-state index contributed by atoms with van der Waals surface area (Å²) in [5.74, 6) is 2.72. The molecule has 0 radical (unpaired) electrons. The predicted octanol–water partition coefficient (Wildman–Crippen LogP) is 0.382. The zero-order valence-corrected chi connectivity index (χ0v) is 9.83. The van der Waals surface area contributed by atoms with E-state index in [1.807, 2.05) is 0 Å². The molecule has 2 N–H and O–H groups in total. The van der Waals surface area contributed by atoms with Crippen LogP contribution in [0.25, 0.3) is 0 Å². The first-order chi connectivity index (χ1) is 7.56. The second-order valence-electron chi connectivity index (χ2n) is 3.06. The monoisotopic (exact) mass is 242 g/mol. The van der Waals surface area contributed by atoms with Gasteiger partial charge in [-0.05, 0) is 12.1 Å². The molecule has 0 aliphatic rings. The minimum atomic E-state index is -3.63. The van der Waals surface area contributed by atoms with Gasteiger partial charge < -0.3 is 10.2 Å². The number of sulfonamides is 1. The molecule has 5 nitrogen and oxygen atoms in total. The Morgan fingerprint density at radius 1 is 1.56 bits per heavy atom. The smallest absolute Gasteiger partial charge is 0.277 e. The van der Waals surface area contributed by atoms with Crippen LogP contribution in [0.2, 0.25) is 0 Å². The molecule has 0 aliphatic heterocycles. The van der Waals surface area contributed by atoms with Crippen molar-refractivity contribution in [3.8, 4) is 12.3 Å². The van der Waals surface area contributed by atoms with Crippen molar-refractivity contribution < 1.29 is 12.8 Å². The molecule has 1 heterocycles. The molecular weight excluding hydrogens is 228 g/mol. The van der Waals surface area contributed by atoms with Gasteiger partial charge in [0.1, 0.15) is 5.76 Å². The minimum absolute atomic E-state index is 0.0253. The summed E-state index contributed by atoms with van der Waals surface area (Å²) in [5, 5.41) is -0.120. The zero-order chi connectivity index (χ0) is 12.2. The van der Waals surface area contributed by atoms with Crippen molar-refractivity contribution in [2.24, 2.45) is 5.73 Å². The normalized spacial score (nSPS) is 11.6. The highest BCUT2D eigenvalue weighted by molar-refractivity contribution is 7.89. The summed E-state index contributed by atoms with van der Waals surface area (Å²) in [5.41, 5.74) is 5.34. The van der Waals surface area contributed by atoms with E-state index in [0.717, 1.165) is 4.31 Å². The Labute approximate surface area is 95.3 Å². The van der Waals surface area contributed by atoms with E-state index in [4.69, 9.17) is 16.6 Å². The second-order valence-corrected chi connectivity index (χ2v) is 4.93. The average molecular weight is 242 g/mol. The fraction of sp³-hybridized carbons (Fsp3) is 0.400. The number of nitrogens with two attached hydrogens (primary N) is 1. The van der Waals surface area contributed by atoms with Crippen LogP contribution < -0.4 is 5.73 Å². The summed E-state index contributed by atoms with van der Waals surface area (Å²) in [6, 6.07) is 2.92. The minimum Gasteiger partial charge on any atom is -0.447 e. The lowest BCUT2D eigenvalue weighted by Gasteiger charge is -2.15. The summed E-state index contributed by atoms with van der Waals surface area (Å²) in [4.78, 5) is 0. The van der Waals surface area contributed by atoms with Crippen LogP contribution in [0, 0.1) is 12.3 Å². The van der Waals surface area contributed by atoms with Crippen LogP contribution in [0.3, 0.4) is 0 Å². The summed E-state index contributed by atoms with van der Waals surface area (Å²) < 4.78 is 30.2. The van der Waals surface area contributed by atoms with Crippen LogP contribution >= 0.6 is 0 Å². The van der Waals surface area contributed by atoms with Crippen LogP contribution in [0.4, 0.5) is 0 Å². The number of terminal acetylenes is 1. The van der Waals surface area contributed by atoms with Gasteiger partial charge in [0.15, 0.2) is 0 Å². The SMILES string of the molecule is C#CCN(CC)S(=O)(=O)c1ccc(CN)o1. The first-order valence-electron chi connectivity index (χ1n) is 4.78. The molecule has 0 aliphatic carbocycles. The molecule has 1 rings (SSSR count). The van der Waals surface area contributed by atoms with Crippen LogP contribution in [0.15, 0.2) is 21.6 Å². The molecule has 0 bridgehead atoms. The van der Waals surface area contributed by atoms with Crippen molar-refractivity contribution in [1.82, 2.24) is 4.31 Å². The molecule has 0 saturated carbocycles. The standard InChI is InChI=1S/C10H14N2O3S/c1-3-7-12(4-2)16(13,14)10-6-5-9(8-11)15-10/h1,5-6H,4,7-8,11H2,2H3. The lowest BCUT2D eigenvalue weighted by atomic mass is 10.5. The fourth-order valence-electron chi connectivity index (χ4n) is 1.20. The van der Waals surface area contributed by atoms with Gasteiger partial charge in [0.25, 0.3) is 10.0 Å². The Morgan fingerprint density at radius 3 is 2.69 bits per heavy atom.